The van der Waals surface area contributed by atoms with E-state index in [9.17, 15) is 23.1 Å². The molecule has 7 nitrogen and oxygen atoms in total. The normalized spacial score (nSPS) is 12.7. The average molecular weight is 515 g/mol. The summed E-state index contributed by atoms with van der Waals surface area (Å²) in [4.78, 5) is 24.0. The number of aliphatic carboxylic acids is 1. The lowest BCUT2D eigenvalue weighted by Gasteiger charge is -2.23. The van der Waals surface area contributed by atoms with Crippen molar-refractivity contribution in [3.05, 3.63) is 63.6 Å². The fourth-order valence-electron chi connectivity index (χ4n) is 3.19. The number of carbonyl (C=O) groups is 2. The summed E-state index contributed by atoms with van der Waals surface area (Å²) in [6.45, 7) is 5.63. The molecule has 0 bridgehead atoms. The molecule has 0 aliphatic carbocycles. The van der Waals surface area contributed by atoms with Gasteiger partial charge >= 0.3 is 5.97 Å². The molecule has 180 valence electrons. The predicted octanol–water partition coefficient (Wildman–Crippen LogP) is 4.82. The van der Waals surface area contributed by atoms with Crippen LogP contribution in [0.3, 0.4) is 0 Å². The Morgan fingerprint density at radius 2 is 1.82 bits per heavy atom. The van der Waals surface area contributed by atoms with Crippen LogP contribution in [0.15, 0.2) is 47.4 Å². The number of halogens is 2. The molecule has 2 N–H and O–H groups in total. The van der Waals surface area contributed by atoms with Crippen molar-refractivity contribution in [2.24, 2.45) is 5.92 Å². The second kappa shape index (κ2) is 11.8. The van der Waals surface area contributed by atoms with Gasteiger partial charge in [0.2, 0.25) is 10.0 Å². The summed E-state index contributed by atoms with van der Waals surface area (Å²) in [5.74, 6) is -1.96. The molecule has 33 heavy (non-hydrogen) atoms. The van der Waals surface area contributed by atoms with Crippen LogP contribution < -0.4 is 5.32 Å². The Balaban J connectivity index is 2.34. The zero-order valence-electron chi connectivity index (χ0n) is 18.7. The molecule has 0 heterocycles. The van der Waals surface area contributed by atoms with Gasteiger partial charge in [-0.25, -0.2) is 13.2 Å². The molecule has 2 rings (SSSR count). The Morgan fingerprint density at radius 1 is 1.12 bits per heavy atom. The molecule has 0 aromatic heterocycles. The Labute approximate surface area is 204 Å². The van der Waals surface area contributed by atoms with Gasteiger partial charge in [0.15, 0.2) is 0 Å². The van der Waals surface area contributed by atoms with E-state index in [-0.39, 0.29) is 39.5 Å². The van der Waals surface area contributed by atoms with Gasteiger partial charge in [0, 0.05) is 23.7 Å². The predicted molar refractivity (Wildman–Crippen MR) is 129 cm³/mol. The highest BCUT2D eigenvalue weighted by atomic mass is 35.5. The molecule has 2 aromatic rings. The summed E-state index contributed by atoms with van der Waals surface area (Å²) in [6, 6.07) is 9.69. The van der Waals surface area contributed by atoms with Gasteiger partial charge in [-0.2, -0.15) is 4.31 Å². The van der Waals surface area contributed by atoms with Crippen LogP contribution in [-0.2, 0) is 21.4 Å². The second-order valence-corrected chi connectivity index (χ2v) is 10.8. The molecule has 0 aliphatic rings. The lowest BCUT2D eigenvalue weighted by molar-refractivity contribution is -0.140. The molecular formula is C23H28Cl2N2O5S. The number of carboxylic acid groups (broad SMARTS) is 1. The first kappa shape index (κ1) is 27.1. The quantitative estimate of drug-likeness (QED) is 0.447. The summed E-state index contributed by atoms with van der Waals surface area (Å²) in [6.07, 6.45) is 1.41. The Bertz CT molecular complexity index is 1110. The van der Waals surface area contributed by atoms with E-state index in [4.69, 9.17) is 23.2 Å². The zero-order valence-corrected chi connectivity index (χ0v) is 21.0. The van der Waals surface area contributed by atoms with E-state index >= 15 is 0 Å². The Kier molecular flexibility index (Phi) is 9.72. The van der Waals surface area contributed by atoms with Gasteiger partial charge < -0.3 is 10.4 Å². The zero-order chi connectivity index (χ0) is 24.8. The minimum absolute atomic E-state index is 0.0127. The highest BCUT2D eigenvalue weighted by Crippen LogP contribution is 2.29. The van der Waals surface area contributed by atoms with Crippen molar-refractivity contribution < 1.29 is 23.1 Å². The number of sulfonamides is 1. The monoisotopic (exact) mass is 514 g/mol. The Hall–Kier alpha value is -2.13. The SMILES string of the molecule is CCCCN(Cc1cccc(C(=O)N[C@H](C(=O)O)C(C)C)c1)S(=O)(=O)c1cc(Cl)ccc1Cl. The first-order valence-corrected chi connectivity index (χ1v) is 12.7. The molecule has 1 amide bonds. The van der Waals surface area contributed by atoms with Crippen molar-refractivity contribution in [1.29, 1.82) is 0 Å². The van der Waals surface area contributed by atoms with Crippen LogP contribution in [0.25, 0.3) is 0 Å². The first-order chi connectivity index (χ1) is 15.5. The van der Waals surface area contributed by atoms with Gasteiger partial charge in [-0.3, -0.25) is 4.79 Å². The molecule has 0 unspecified atom stereocenters. The largest absolute Gasteiger partial charge is 0.480 e. The molecule has 0 spiro atoms. The Morgan fingerprint density at radius 3 is 2.42 bits per heavy atom. The molecule has 0 fully saturated rings. The molecule has 0 aliphatic heterocycles. The standard InChI is InChI=1S/C23H28Cl2N2O5S/c1-4-5-11-27(33(31,32)20-13-18(24)9-10-19(20)25)14-16-7-6-8-17(12-16)22(28)26-21(15(2)3)23(29)30/h6-10,12-13,15,21H,4-5,11,14H2,1-3H3,(H,26,28)(H,29,30)/t21-/m0/s1. The van der Waals surface area contributed by atoms with Gasteiger partial charge in [0.05, 0.1) is 5.02 Å². The van der Waals surface area contributed by atoms with E-state index in [0.717, 1.165) is 6.42 Å². The van der Waals surface area contributed by atoms with Crippen LogP contribution in [0.4, 0.5) is 0 Å². The van der Waals surface area contributed by atoms with Crippen LogP contribution in [0.1, 0.15) is 49.5 Å². The highest BCUT2D eigenvalue weighted by Gasteiger charge is 2.28. The van der Waals surface area contributed by atoms with Crippen molar-refractivity contribution in [3.8, 4) is 0 Å². The minimum Gasteiger partial charge on any atom is -0.480 e. The lowest BCUT2D eigenvalue weighted by Crippen LogP contribution is -2.44. The number of carboxylic acids is 1. The van der Waals surface area contributed by atoms with E-state index in [2.05, 4.69) is 5.32 Å². The third kappa shape index (κ3) is 7.17. The fraction of sp³-hybridized carbons (Fsp3) is 0.391. The number of benzene rings is 2. The van der Waals surface area contributed by atoms with Crippen LogP contribution in [-0.4, -0.2) is 42.3 Å². The van der Waals surface area contributed by atoms with Crippen molar-refractivity contribution in [2.75, 3.05) is 6.54 Å². The fourth-order valence-corrected chi connectivity index (χ4v) is 5.39. The number of hydrogen-bond donors (Lipinski definition) is 2. The number of nitrogens with one attached hydrogen (secondary N) is 1. The number of rotatable bonds is 11. The lowest BCUT2D eigenvalue weighted by atomic mass is 10.0. The number of hydrogen-bond acceptors (Lipinski definition) is 4. The molecular weight excluding hydrogens is 487 g/mol. The van der Waals surface area contributed by atoms with Gasteiger partial charge in [-0.05, 0) is 48.2 Å². The minimum atomic E-state index is -3.96. The molecule has 0 saturated carbocycles. The molecule has 0 radical (unpaired) electrons. The molecule has 0 saturated heterocycles. The van der Waals surface area contributed by atoms with Crippen LogP contribution in [0, 0.1) is 5.92 Å². The number of amides is 1. The first-order valence-electron chi connectivity index (χ1n) is 10.5. The number of nitrogens with zero attached hydrogens (tertiary/aromatic N) is 1. The van der Waals surface area contributed by atoms with E-state index < -0.39 is 27.9 Å². The van der Waals surface area contributed by atoms with Crippen LogP contribution in [0.2, 0.25) is 10.0 Å². The van der Waals surface area contributed by atoms with E-state index in [1.807, 2.05) is 6.92 Å². The van der Waals surface area contributed by atoms with E-state index in [0.29, 0.717) is 12.0 Å². The summed E-state index contributed by atoms with van der Waals surface area (Å²) in [5, 5.41) is 12.2. The summed E-state index contributed by atoms with van der Waals surface area (Å²) < 4.78 is 28.0. The smallest absolute Gasteiger partial charge is 0.326 e. The van der Waals surface area contributed by atoms with Crippen molar-refractivity contribution >= 4 is 45.1 Å². The number of unbranched alkanes of at least 4 members (excludes halogenated alkanes) is 1. The van der Waals surface area contributed by atoms with Gasteiger partial charge in [0.25, 0.3) is 5.91 Å². The van der Waals surface area contributed by atoms with Gasteiger partial charge in [0.1, 0.15) is 10.9 Å². The number of carbonyl (C=O) groups excluding carboxylic acids is 1. The van der Waals surface area contributed by atoms with Crippen LogP contribution in [0.5, 0.6) is 0 Å². The maximum absolute atomic E-state index is 13.4. The third-order valence-corrected chi connectivity index (χ3v) is 7.60. The maximum atomic E-state index is 13.4. The maximum Gasteiger partial charge on any atom is 0.326 e. The summed E-state index contributed by atoms with van der Waals surface area (Å²) >= 11 is 12.2. The third-order valence-electron chi connectivity index (χ3n) is 5.04. The molecule has 1 atom stereocenters. The molecule has 10 heteroatoms. The van der Waals surface area contributed by atoms with Crippen molar-refractivity contribution in [1.82, 2.24) is 9.62 Å². The molecule has 2 aromatic carbocycles. The van der Waals surface area contributed by atoms with Crippen molar-refractivity contribution in [3.63, 3.8) is 0 Å². The van der Waals surface area contributed by atoms with Gasteiger partial charge in [-0.15, -0.1) is 0 Å². The second-order valence-electron chi connectivity index (χ2n) is 8.00. The summed E-state index contributed by atoms with van der Waals surface area (Å²) in [7, 11) is -3.96. The van der Waals surface area contributed by atoms with E-state index in [1.165, 1.54) is 22.5 Å². The van der Waals surface area contributed by atoms with Crippen LogP contribution >= 0.6 is 23.2 Å². The average Bonchev–Trinajstić information content (AvgIpc) is 2.75. The summed E-state index contributed by atoms with van der Waals surface area (Å²) in [5.41, 5.74) is 0.824. The topological polar surface area (TPSA) is 104 Å². The highest BCUT2D eigenvalue weighted by molar-refractivity contribution is 7.89. The van der Waals surface area contributed by atoms with E-state index in [1.54, 1.807) is 38.1 Å². The van der Waals surface area contributed by atoms with Crippen molar-refractivity contribution in [2.45, 2.75) is 51.1 Å². The van der Waals surface area contributed by atoms with Gasteiger partial charge in [-0.1, -0.05) is 62.5 Å².